The normalized spacial score (nSPS) is 20.1. The number of allylic oxidation sites excluding steroid dienone is 4. The third-order valence-electron chi connectivity index (χ3n) is 7.41. The lowest BCUT2D eigenvalue weighted by molar-refractivity contribution is -0.135. The predicted molar refractivity (Wildman–Crippen MR) is 164 cm³/mol. The number of ether oxygens (including phenoxy) is 2. The maximum Gasteiger partial charge on any atom is 0.311 e. The number of carbonyl (C=O) groups excluding carboxylic acids is 2. The molecule has 0 unspecified atom stereocenters. The summed E-state index contributed by atoms with van der Waals surface area (Å²) < 4.78 is 11.4. The van der Waals surface area contributed by atoms with E-state index in [1.165, 1.54) is 38.5 Å². The second kappa shape index (κ2) is 19.8. The minimum Gasteiger partial charge on any atom is -0.426 e. The number of para-hydroxylation sites is 2. The number of rotatable bonds is 0. The molecule has 2 aromatic rings. The lowest BCUT2D eigenvalue weighted by Gasteiger charge is -2.09. The molecule has 0 bridgehead atoms. The Morgan fingerprint density at radius 2 is 0.800 bits per heavy atom. The molecule has 0 aromatic heterocycles. The van der Waals surface area contributed by atoms with Crippen molar-refractivity contribution in [3.05, 3.63) is 84.0 Å². The van der Waals surface area contributed by atoms with Crippen molar-refractivity contribution in [2.45, 2.75) is 116 Å². The lowest BCUT2D eigenvalue weighted by atomic mass is 10.1. The number of esters is 2. The van der Waals surface area contributed by atoms with Crippen LogP contribution in [-0.2, 0) is 22.4 Å². The molecule has 4 nitrogen and oxygen atoms in total. The first-order valence-corrected chi connectivity index (χ1v) is 15.6. The van der Waals surface area contributed by atoms with Gasteiger partial charge in [0.25, 0.3) is 0 Å². The minimum absolute atomic E-state index is 0.127. The maximum absolute atomic E-state index is 12.4. The molecule has 0 N–H and O–H groups in total. The highest BCUT2D eigenvalue weighted by Gasteiger charge is 2.09. The molecule has 0 atom stereocenters. The van der Waals surface area contributed by atoms with E-state index in [1.807, 2.05) is 48.5 Å². The SMILES string of the molecule is O=C1CCCCCCCC/C=C/Cc2ccccc2OC(=O)CCCCCCCC/C=C/Cc2ccccc2O1. The molecule has 0 fully saturated rings. The highest BCUT2D eigenvalue weighted by molar-refractivity contribution is 5.73. The molecule has 3 rings (SSSR count). The van der Waals surface area contributed by atoms with Crippen molar-refractivity contribution in [1.82, 2.24) is 0 Å². The molecule has 0 aliphatic carbocycles. The topological polar surface area (TPSA) is 52.6 Å². The molecule has 40 heavy (non-hydrogen) atoms. The third-order valence-corrected chi connectivity index (χ3v) is 7.41. The van der Waals surface area contributed by atoms with E-state index in [0.29, 0.717) is 24.3 Å². The Bertz CT molecular complexity index is 982. The minimum atomic E-state index is -0.127. The quantitative estimate of drug-likeness (QED) is 0.188. The van der Waals surface area contributed by atoms with Crippen LogP contribution in [0.5, 0.6) is 11.5 Å². The van der Waals surface area contributed by atoms with Gasteiger partial charge in [-0.25, -0.2) is 0 Å². The molecule has 1 heterocycles. The van der Waals surface area contributed by atoms with Crippen LogP contribution in [0.1, 0.15) is 114 Å². The number of hydrogen-bond acceptors (Lipinski definition) is 4. The molecular formula is C36H48O4. The first-order chi connectivity index (χ1) is 19.7. The van der Waals surface area contributed by atoms with Gasteiger partial charge >= 0.3 is 11.9 Å². The Morgan fingerprint density at radius 3 is 1.25 bits per heavy atom. The van der Waals surface area contributed by atoms with Crippen LogP contribution in [0.2, 0.25) is 0 Å². The van der Waals surface area contributed by atoms with Crippen LogP contribution in [-0.4, -0.2) is 11.9 Å². The largest absolute Gasteiger partial charge is 0.426 e. The van der Waals surface area contributed by atoms with E-state index in [1.54, 1.807) is 0 Å². The van der Waals surface area contributed by atoms with E-state index in [9.17, 15) is 9.59 Å². The Hall–Kier alpha value is -3.14. The van der Waals surface area contributed by atoms with Crippen LogP contribution >= 0.6 is 0 Å². The fraction of sp³-hybridized carbons (Fsp3) is 0.500. The predicted octanol–water partition coefficient (Wildman–Crippen LogP) is 9.65. The van der Waals surface area contributed by atoms with E-state index in [2.05, 4.69) is 24.3 Å². The van der Waals surface area contributed by atoms with Crippen LogP contribution in [0.3, 0.4) is 0 Å². The molecule has 2 aromatic carbocycles. The van der Waals surface area contributed by atoms with E-state index >= 15 is 0 Å². The zero-order valence-electron chi connectivity index (χ0n) is 24.3. The van der Waals surface area contributed by atoms with Gasteiger partial charge in [0, 0.05) is 12.8 Å². The third kappa shape index (κ3) is 13.3. The Morgan fingerprint density at radius 1 is 0.425 bits per heavy atom. The number of benzene rings is 2. The monoisotopic (exact) mass is 544 g/mol. The summed E-state index contributed by atoms with van der Waals surface area (Å²) in [6, 6.07) is 15.7. The fourth-order valence-electron chi connectivity index (χ4n) is 5.02. The smallest absolute Gasteiger partial charge is 0.311 e. The summed E-state index contributed by atoms with van der Waals surface area (Å²) in [6.45, 7) is 0. The van der Waals surface area contributed by atoms with Crippen molar-refractivity contribution in [3.63, 3.8) is 0 Å². The van der Waals surface area contributed by atoms with Gasteiger partial charge < -0.3 is 9.47 Å². The summed E-state index contributed by atoms with van der Waals surface area (Å²) in [4.78, 5) is 24.8. The van der Waals surface area contributed by atoms with E-state index in [-0.39, 0.29) is 11.9 Å². The highest BCUT2D eigenvalue weighted by Crippen LogP contribution is 2.22. The Kier molecular flexibility index (Phi) is 15.6. The summed E-state index contributed by atoms with van der Waals surface area (Å²) in [5, 5.41) is 0. The van der Waals surface area contributed by atoms with Crippen molar-refractivity contribution >= 4 is 11.9 Å². The van der Waals surface area contributed by atoms with Crippen LogP contribution in [0, 0.1) is 0 Å². The van der Waals surface area contributed by atoms with Crippen molar-refractivity contribution < 1.29 is 19.1 Å². The fourth-order valence-corrected chi connectivity index (χ4v) is 5.02. The second-order valence-corrected chi connectivity index (χ2v) is 10.8. The Labute approximate surface area is 241 Å². The summed E-state index contributed by atoms with van der Waals surface area (Å²) in [6.07, 6.45) is 26.8. The van der Waals surface area contributed by atoms with E-state index < -0.39 is 0 Å². The van der Waals surface area contributed by atoms with Crippen LogP contribution in [0.4, 0.5) is 0 Å². The first kappa shape index (κ1) is 31.4. The molecule has 0 amide bonds. The number of carbonyl (C=O) groups is 2. The molecule has 1 aliphatic heterocycles. The van der Waals surface area contributed by atoms with Crippen LogP contribution in [0.25, 0.3) is 0 Å². The summed E-state index contributed by atoms with van der Waals surface area (Å²) in [5.41, 5.74) is 2.12. The van der Waals surface area contributed by atoms with Gasteiger partial charge in [0.2, 0.25) is 0 Å². The van der Waals surface area contributed by atoms with Crippen molar-refractivity contribution in [3.8, 4) is 11.5 Å². The van der Waals surface area contributed by atoms with Crippen LogP contribution < -0.4 is 9.47 Å². The number of hydrogen-bond donors (Lipinski definition) is 0. The van der Waals surface area contributed by atoms with Crippen molar-refractivity contribution in [2.75, 3.05) is 0 Å². The van der Waals surface area contributed by atoms with Crippen molar-refractivity contribution in [2.24, 2.45) is 0 Å². The zero-order chi connectivity index (χ0) is 28.1. The first-order valence-electron chi connectivity index (χ1n) is 15.6. The summed E-state index contributed by atoms with van der Waals surface area (Å²) in [5.74, 6) is 1.13. The lowest BCUT2D eigenvalue weighted by Crippen LogP contribution is -2.09. The Balaban J connectivity index is 1.48. The second-order valence-electron chi connectivity index (χ2n) is 10.8. The zero-order valence-corrected chi connectivity index (χ0v) is 24.3. The van der Waals surface area contributed by atoms with Gasteiger partial charge in [-0.15, -0.1) is 0 Å². The van der Waals surface area contributed by atoms with Gasteiger partial charge in [-0.3, -0.25) is 9.59 Å². The summed E-state index contributed by atoms with van der Waals surface area (Å²) in [7, 11) is 0. The van der Waals surface area contributed by atoms with E-state index in [4.69, 9.17) is 9.47 Å². The maximum atomic E-state index is 12.4. The van der Waals surface area contributed by atoms with Crippen molar-refractivity contribution in [1.29, 1.82) is 0 Å². The van der Waals surface area contributed by atoms with Gasteiger partial charge in [-0.1, -0.05) is 112 Å². The average Bonchev–Trinajstić information content (AvgIpc) is 2.95. The molecule has 4 heteroatoms. The molecule has 0 saturated carbocycles. The van der Waals surface area contributed by atoms with Gasteiger partial charge in [0.15, 0.2) is 0 Å². The van der Waals surface area contributed by atoms with Crippen LogP contribution in [0.15, 0.2) is 72.8 Å². The molecule has 0 saturated heterocycles. The van der Waals surface area contributed by atoms with Gasteiger partial charge in [0.1, 0.15) is 11.5 Å². The molecule has 1 aliphatic rings. The molecular weight excluding hydrogens is 496 g/mol. The molecule has 216 valence electrons. The van der Waals surface area contributed by atoms with E-state index in [0.717, 1.165) is 75.3 Å². The highest BCUT2D eigenvalue weighted by atomic mass is 16.5. The van der Waals surface area contributed by atoms with Gasteiger partial charge in [-0.2, -0.15) is 0 Å². The standard InChI is InChI=1S/C36H48O4/c37-35-29-17-13-9-5-1-3-7-11-15-23-31-25-19-21-27-33(31)40-36(38)30-18-14-10-6-2-4-8-12-16-24-32-26-20-22-28-34(32)39-35/h11-12,15-16,19-22,25-28H,1-10,13-14,17-18,23-24,29-30H2/b15-11+,16-12+. The molecule has 0 radical (unpaired) electrons. The molecule has 0 spiro atoms. The van der Waals surface area contributed by atoms with Gasteiger partial charge in [0.05, 0.1) is 0 Å². The van der Waals surface area contributed by atoms with Gasteiger partial charge in [-0.05, 0) is 74.6 Å². The average molecular weight is 545 g/mol. The number of fused-ring (bicyclic) bond motifs is 2. The summed E-state index contributed by atoms with van der Waals surface area (Å²) >= 11 is 0.